The van der Waals surface area contributed by atoms with Gasteiger partial charge in [-0.05, 0) is 38.1 Å². The highest BCUT2D eigenvalue weighted by atomic mass is 32.2. The van der Waals surface area contributed by atoms with Gasteiger partial charge < -0.3 is 9.64 Å². The van der Waals surface area contributed by atoms with Crippen molar-refractivity contribution in [3.8, 4) is 0 Å². The van der Waals surface area contributed by atoms with E-state index in [1.165, 1.54) is 0 Å². The second-order valence-electron chi connectivity index (χ2n) is 5.14. The smallest absolute Gasteiger partial charge is 0.338 e. The van der Waals surface area contributed by atoms with Gasteiger partial charge in [-0.3, -0.25) is 0 Å². The summed E-state index contributed by atoms with van der Waals surface area (Å²) in [7, 11) is -2.87. The third kappa shape index (κ3) is 3.72. The van der Waals surface area contributed by atoms with E-state index in [9.17, 15) is 13.2 Å². The molecular formula is C14H19NO4S. The number of esters is 1. The first-order valence-electron chi connectivity index (χ1n) is 6.64. The predicted molar refractivity (Wildman–Crippen MR) is 77.9 cm³/mol. The predicted octanol–water partition coefficient (Wildman–Crippen LogP) is 1.49. The Kier molecular flexibility index (Phi) is 4.32. The number of carbonyl (C=O) groups excluding carboxylic acids is 1. The largest absolute Gasteiger partial charge is 0.459 e. The zero-order valence-corrected chi connectivity index (χ0v) is 12.5. The second-order valence-corrected chi connectivity index (χ2v) is 7.44. The first kappa shape index (κ1) is 14.8. The third-order valence-electron chi connectivity index (χ3n) is 3.16. The molecule has 110 valence electrons. The molecule has 0 aromatic heterocycles. The molecule has 2 rings (SSSR count). The highest BCUT2D eigenvalue weighted by molar-refractivity contribution is 7.91. The fourth-order valence-electron chi connectivity index (χ4n) is 2.06. The first-order chi connectivity index (χ1) is 9.37. The lowest BCUT2D eigenvalue weighted by Crippen LogP contribution is -2.40. The van der Waals surface area contributed by atoms with Crippen LogP contribution in [-0.2, 0) is 14.6 Å². The molecule has 0 radical (unpaired) electrons. The molecule has 0 atom stereocenters. The van der Waals surface area contributed by atoms with Gasteiger partial charge in [0.25, 0.3) is 0 Å². The number of hydrogen-bond donors (Lipinski definition) is 0. The molecule has 20 heavy (non-hydrogen) atoms. The summed E-state index contributed by atoms with van der Waals surface area (Å²) < 4.78 is 27.9. The van der Waals surface area contributed by atoms with Gasteiger partial charge in [0.2, 0.25) is 0 Å². The molecular weight excluding hydrogens is 278 g/mol. The zero-order chi connectivity index (χ0) is 14.8. The van der Waals surface area contributed by atoms with Crippen LogP contribution >= 0.6 is 0 Å². The molecule has 0 aliphatic carbocycles. The number of nitrogens with zero attached hydrogens (tertiary/aromatic N) is 1. The fourth-order valence-corrected chi connectivity index (χ4v) is 3.26. The maximum Gasteiger partial charge on any atom is 0.338 e. The van der Waals surface area contributed by atoms with Crippen molar-refractivity contribution in [1.29, 1.82) is 0 Å². The van der Waals surface area contributed by atoms with Crippen LogP contribution in [0.4, 0.5) is 5.69 Å². The van der Waals surface area contributed by atoms with Gasteiger partial charge in [0.15, 0.2) is 9.84 Å². The van der Waals surface area contributed by atoms with E-state index in [0.717, 1.165) is 5.69 Å². The molecule has 1 heterocycles. The summed E-state index contributed by atoms with van der Waals surface area (Å²) in [5.74, 6) is 0.0293. The van der Waals surface area contributed by atoms with E-state index in [4.69, 9.17) is 4.74 Å². The first-order valence-corrected chi connectivity index (χ1v) is 8.46. The number of anilines is 1. The number of carbonyl (C=O) groups is 1. The summed E-state index contributed by atoms with van der Waals surface area (Å²) in [6.07, 6.45) is -0.144. The van der Waals surface area contributed by atoms with Crippen molar-refractivity contribution in [2.45, 2.75) is 20.0 Å². The molecule has 1 aliphatic heterocycles. The standard InChI is InChI=1S/C14H19NO4S/c1-11(2)19-14(16)12-3-5-13(6-4-12)15-7-9-20(17,18)10-8-15/h3-6,11H,7-10H2,1-2H3. The van der Waals surface area contributed by atoms with Crippen molar-refractivity contribution in [2.24, 2.45) is 0 Å². The Balaban J connectivity index is 2.04. The summed E-state index contributed by atoms with van der Waals surface area (Å²) in [6, 6.07) is 7.08. The van der Waals surface area contributed by atoms with Gasteiger partial charge in [0.05, 0.1) is 23.2 Å². The number of benzene rings is 1. The van der Waals surface area contributed by atoms with E-state index in [0.29, 0.717) is 18.7 Å². The monoisotopic (exact) mass is 297 g/mol. The van der Waals surface area contributed by atoms with Crippen molar-refractivity contribution in [1.82, 2.24) is 0 Å². The topological polar surface area (TPSA) is 63.7 Å². The molecule has 1 aromatic carbocycles. The van der Waals surface area contributed by atoms with Gasteiger partial charge in [-0.1, -0.05) is 0 Å². The number of hydrogen-bond acceptors (Lipinski definition) is 5. The second kappa shape index (κ2) is 5.83. The number of rotatable bonds is 3. The molecule has 0 saturated carbocycles. The van der Waals surface area contributed by atoms with Gasteiger partial charge in [-0.2, -0.15) is 0 Å². The minimum absolute atomic E-state index is 0.144. The SMILES string of the molecule is CC(C)OC(=O)c1ccc(N2CCS(=O)(=O)CC2)cc1. The average molecular weight is 297 g/mol. The van der Waals surface area contributed by atoms with Crippen LogP contribution in [0.2, 0.25) is 0 Å². The number of ether oxygens (including phenoxy) is 1. The highest BCUT2D eigenvalue weighted by Crippen LogP contribution is 2.18. The summed E-state index contributed by atoms with van der Waals surface area (Å²) in [4.78, 5) is 13.7. The maximum absolute atomic E-state index is 11.7. The van der Waals surface area contributed by atoms with Crippen LogP contribution in [-0.4, -0.2) is 45.1 Å². The Morgan fingerprint density at radius 3 is 2.20 bits per heavy atom. The molecule has 1 saturated heterocycles. The maximum atomic E-state index is 11.7. The third-order valence-corrected chi connectivity index (χ3v) is 4.76. The molecule has 1 aromatic rings. The average Bonchev–Trinajstić information content (AvgIpc) is 2.38. The zero-order valence-electron chi connectivity index (χ0n) is 11.7. The van der Waals surface area contributed by atoms with Crippen LogP contribution in [0.5, 0.6) is 0 Å². The molecule has 0 unspecified atom stereocenters. The van der Waals surface area contributed by atoms with E-state index >= 15 is 0 Å². The number of sulfone groups is 1. The van der Waals surface area contributed by atoms with Crippen LogP contribution in [0.25, 0.3) is 0 Å². The quantitative estimate of drug-likeness (QED) is 0.791. The van der Waals surface area contributed by atoms with E-state index in [1.807, 2.05) is 17.0 Å². The van der Waals surface area contributed by atoms with Crippen LogP contribution in [0, 0.1) is 0 Å². The Morgan fingerprint density at radius 2 is 1.70 bits per heavy atom. The van der Waals surface area contributed by atoms with E-state index < -0.39 is 9.84 Å². The summed E-state index contributed by atoms with van der Waals surface area (Å²) >= 11 is 0. The van der Waals surface area contributed by atoms with Gasteiger partial charge in [0, 0.05) is 18.8 Å². The summed E-state index contributed by atoms with van der Waals surface area (Å²) in [5.41, 5.74) is 1.44. The van der Waals surface area contributed by atoms with Crippen LogP contribution in [0.3, 0.4) is 0 Å². The van der Waals surface area contributed by atoms with Crippen molar-refractivity contribution in [2.75, 3.05) is 29.5 Å². The lowest BCUT2D eigenvalue weighted by atomic mass is 10.2. The molecule has 1 aliphatic rings. The van der Waals surface area contributed by atoms with E-state index in [-0.39, 0.29) is 23.6 Å². The molecule has 6 heteroatoms. The van der Waals surface area contributed by atoms with E-state index in [2.05, 4.69) is 0 Å². The Labute approximate surface area is 119 Å². The normalized spacial score (nSPS) is 18.1. The summed E-state index contributed by atoms with van der Waals surface area (Å²) in [6.45, 7) is 4.61. The lowest BCUT2D eigenvalue weighted by Gasteiger charge is -2.28. The Hall–Kier alpha value is -1.56. The van der Waals surface area contributed by atoms with Crippen LogP contribution in [0.15, 0.2) is 24.3 Å². The van der Waals surface area contributed by atoms with Crippen LogP contribution < -0.4 is 4.90 Å². The van der Waals surface area contributed by atoms with Crippen molar-refractivity contribution in [3.05, 3.63) is 29.8 Å². The lowest BCUT2D eigenvalue weighted by molar-refractivity contribution is 0.0378. The van der Waals surface area contributed by atoms with Gasteiger partial charge >= 0.3 is 5.97 Å². The summed E-state index contributed by atoms with van der Waals surface area (Å²) in [5, 5.41) is 0. The highest BCUT2D eigenvalue weighted by Gasteiger charge is 2.21. The minimum Gasteiger partial charge on any atom is -0.459 e. The van der Waals surface area contributed by atoms with Crippen LogP contribution in [0.1, 0.15) is 24.2 Å². The molecule has 0 amide bonds. The fraction of sp³-hybridized carbons (Fsp3) is 0.500. The molecule has 0 spiro atoms. The van der Waals surface area contributed by atoms with Crippen molar-refractivity contribution < 1.29 is 17.9 Å². The molecule has 5 nitrogen and oxygen atoms in total. The Morgan fingerprint density at radius 1 is 1.15 bits per heavy atom. The minimum atomic E-state index is -2.87. The van der Waals surface area contributed by atoms with Gasteiger partial charge in [0.1, 0.15) is 0 Å². The Bertz CT molecular complexity index is 564. The van der Waals surface area contributed by atoms with Crippen molar-refractivity contribution >= 4 is 21.5 Å². The van der Waals surface area contributed by atoms with Crippen molar-refractivity contribution in [3.63, 3.8) is 0 Å². The van der Waals surface area contributed by atoms with E-state index in [1.54, 1.807) is 26.0 Å². The molecule has 0 N–H and O–H groups in total. The molecule has 0 bridgehead atoms. The van der Waals surface area contributed by atoms with Gasteiger partial charge in [-0.15, -0.1) is 0 Å². The molecule has 1 fully saturated rings. The van der Waals surface area contributed by atoms with Gasteiger partial charge in [-0.25, -0.2) is 13.2 Å².